The molecular formula is C12H17NO2. The summed E-state index contributed by atoms with van der Waals surface area (Å²) >= 11 is 0. The van der Waals surface area contributed by atoms with Crippen molar-refractivity contribution >= 4 is 11.7 Å². The number of anilines is 1. The number of nitrogens with one attached hydrogen (secondary N) is 1. The van der Waals surface area contributed by atoms with Crippen LogP contribution in [0.2, 0.25) is 0 Å². The van der Waals surface area contributed by atoms with Crippen LogP contribution in [0.3, 0.4) is 0 Å². The Bertz CT molecular complexity index is 347. The van der Waals surface area contributed by atoms with Crippen molar-refractivity contribution in [1.82, 2.24) is 0 Å². The Morgan fingerprint density at radius 1 is 1.40 bits per heavy atom. The fraction of sp³-hybridized carbons (Fsp3) is 0.417. The molecule has 1 rings (SSSR count). The Labute approximate surface area is 90.1 Å². The number of rotatable bonds is 5. The average Bonchev–Trinajstić information content (AvgIpc) is 2.25. The van der Waals surface area contributed by atoms with E-state index in [-0.39, 0.29) is 0 Å². The van der Waals surface area contributed by atoms with Crippen molar-refractivity contribution in [3.05, 3.63) is 29.3 Å². The molecule has 3 nitrogen and oxygen atoms in total. The van der Waals surface area contributed by atoms with Gasteiger partial charge in [-0.2, -0.15) is 0 Å². The lowest BCUT2D eigenvalue weighted by Gasteiger charge is -2.12. The van der Waals surface area contributed by atoms with Gasteiger partial charge in [0.2, 0.25) is 0 Å². The van der Waals surface area contributed by atoms with Crippen LogP contribution in [0.4, 0.5) is 5.69 Å². The van der Waals surface area contributed by atoms with E-state index in [9.17, 15) is 4.79 Å². The molecule has 1 aromatic carbocycles. The van der Waals surface area contributed by atoms with E-state index in [0.29, 0.717) is 5.56 Å². The van der Waals surface area contributed by atoms with Crippen LogP contribution in [0.5, 0.6) is 0 Å². The second-order valence-electron chi connectivity index (χ2n) is 3.42. The maximum Gasteiger partial charge on any atom is 0.336 e. The minimum atomic E-state index is -0.855. The molecule has 0 aliphatic rings. The molecule has 0 aliphatic heterocycles. The van der Waals surface area contributed by atoms with Crippen LogP contribution >= 0.6 is 0 Å². The minimum absolute atomic E-state index is 0.401. The van der Waals surface area contributed by atoms with E-state index in [0.717, 1.165) is 30.6 Å². The minimum Gasteiger partial charge on any atom is -0.478 e. The second-order valence-corrected chi connectivity index (χ2v) is 3.42. The molecule has 0 saturated carbocycles. The van der Waals surface area contributed by atoms with E-state index in [2.05, 4.69) is 12.2 Å². The molecule has 0 amide bonds. The summed E-state index contributed by atoms with van der Waals surface area (Å²) < 4.78 is 0. The van der Waals surface area contributed by atoms with Gasteiger partial charge in [0.15, 0.2) is 0 Å². The second kappa shape index (κ2) is 5.39. The van der Waals surface area contributed by atoms with Gasteiger partial charge in [-0.25, -0.2) is 4.79 Å². The van der Waals surface area contributed by atoms with Crippen LogP contribution in [0.15, 0.2) is 18.2 Å². The maximum absolute atomic E-state index is 11.0. The monoisotopic (exact) mass is 207 g/mol. The SMILES string of the molecule is CCCNc1cccc(C(=O)O)c1CC. The summed E-state index contributed by atoms with van der Waals surface area (Å²) in [4.78, 5) is 11.0. The molecule has 2 N–H and O–H groups in total. The van der Waals surface area contributed by atoms with Crippen molar-refractivity contribution in [3.8, 4) is 0 Å². The van der Waals surface area contributed by atoms with Crippen LogP contribution in [-0.4, -0.2) is 17.6 Å². The Balaban J connectivity index is 3.04. The van der Waals surface area contributed by atoms with Gasteiger partial charge in [0.05, 0.1) is 5.56 Å². The van der Waals surface area contributed by atoms with Gasteiger partial charge in [-0.3, -0.25) is 0 Å². The molecule has 0 aromatic heterocycles. The predicted octanol–water partition coefficient (Wildman–Crippen LogP) is 2.77. The standard InChI is InChI=1S/C12H17NO2/c1-3-8-13-11-7-5-6-10(12(14)15)9(11)4-2/h5-7,13H,3-4,8H2,1-2H3,(H,14,15). The van der Waals surface area contributed by atoms with Crippen LogP contribution in [0.25, 0.3) is 0 Å². The highest BCUT2D eigenvalue weighted by atomic mass is 16.4. The van der Waals surface area contributed by atoms with Crippen molar-refractivity contribution in [1.29, 1.82) is 0 Å². The van der Waals surface area contributed by atoms with E-state index in [1.807, 2.05) is 13.0 Å². The first-order chi connectivity index (χ1) is 7.20. The van der Waals surface area contributed by atoms with Gasteiger partial charge in [0, 0.05) is 12.2 Å². The smallest absolute Gasteiger partial charge is 0.336 e. The molecule has 15 heavy (non-hydrogen) atoms. The number of benzene rings is 1. The summed E-state index contributed by atoms with van der Waals surface area (Å²) in [5.74, 6) is -0.855. The van der Waals surface area contributed by atoms with E-state index in [4.69, 9.17) is 5.11 Å². The third kappa shape index (κ3) is 2.72. The van der Waals surface area contributed by atoms with Crippen molar-refractivity contribution < 1.29 is 9.90 Å². The topological polar surface area (TPSA) is 49.3 Å². The highest BCUT2D eigenvalue weighted by molar-refractivity contribution is 5.91. The summed E-state index contributed by atoms with van der Waals surface area (Å²) in [5, 5.41) is 12.3. The Kier molecular flexibility index (Phi) is 4.16. The van der Waals surface area contributed by atoms with Gasteiger partial charge in [0.1, 0.15) is 0 Å². The van der Waals surface area contributed by atoms with Gasteiger partial charge in [-0.15, -0.1) is 0 Å². The van der Waals surface area contributed by atoms with Crippen molar-refractivity contribution in [2.45, 2.75) is 26.7 Å². The zero-order valence-electron chi connectivity index (χ0n) is 9.21. The van der Waals surface area contributed by atoms with Gasteiger partial charge in [0.25, 0.3) is 0 Å². The van der Waals surface area contributed by atoms with E-state index < -0.39 is 5.97 Å². The van der Waals surface area contributed by atoms with Crippen molar-refractivity contribution in [2.24, 2.45) is 0 Å². The summed E-state index contributed by atoms with van der Waals surface area (Å²) in [7, 11) is 0. The highest BCUT2D eigenvalue weighted by Gasteiger charge is 2.11. The Morgan fingerprint density at radius 3 is 2.67 bits per heavy atom. The number of carboxylic acids is 1. The summed E-state index contributed by atoms with van der Waals surface area (Å²) in [6, 6.07) is 5.36. The molecule has 0 heterocycles. The molecule has 0 unspecified atom stereocenters. The largest absolute Gasteiger partial charge is 0.478 e. The number of hydrogen-bond donors (Lipinski definition) is 2. The van der Waals surface area contributed by atoms with Gasteiger partial charge >= 0.3 is 5.97 Å². The fourth-order valence-corrected chi connectivity index (χ4v) is 1.59. The Morgan fingerprint density at radius 2 is 2.13 bits per heavy atom. The normalized spacial score (nSPS) is 10.0. The molecule has 0 spiro atoms. The summed E-state index contributed by atoms with van der Waals surface area (Å²) in [6.07, 6.45) is 1.76. The number of hydrogen-bond acceptors (Lipinski definition) is 2. The lowest BCUT2D eigenvalue weighted by atomic mass is 10.0. The zero-order valence-corrected chi connectivity index (χ0v) is 9.21. The highest BCUT2D eigenvalue weighted by Crippen LogP contribution is 2.20. The lowest BCUT2D eigenvalue weighted by Crippen LogP contribution is -2.08. The van der Waals surface area contributed by atoms with Gasteiger partial charge < -0.3 is 10.4 Å². The quantitative estimate of drug-likeness (QED) is 0.780. The number of carbonyl (C=O) groups is 1. The first kappa shape index (κ1) is 11.6. The molecule has 3 heteroatoms. The third-order valence-electron chi connectivity index (χ3n) is 2.33. The molecule has 82 valence electrons. The predicted molar refractivity (Wildman–Crippen MR) is 61.6 cm³/mol. The van der Waals surface area contributed by atoms with Gasteiger partial charge in [-0.05, 0) is 30.5 Å². The van der Waals surface area contributed by atoms with Crippen LogP contribution in [0, 0.1) is 0 Å². The maximum atomic E-state index is 11.0. The third-order valence-corrected chi connectivity index (χ3v) is 2.33. The molecule has 0 saturated heterocycles. The van der Waals surface area contributed by atoms with Gasteiger partial charge in [-0.1, -0.05) is 19.9 Å². The van der Waals surface area contributed by atoms with Crippen LogP contribution in [0.1, 0.15) is 36.2 Å². The Hall–Kier alpha value is -1.51. The van der Waals surface area contributed by atoms with E-state index in [1.165, 1.54) is 0 Å². The molecule has 0 bridgehead atoms. The number of carboxylic acid groups (broad SMARTS) is 1. The summed E-state index contributed by atoms with van der Waals surface area (Å²) in [5.41, 5.74) is 2.23. The average molecular weight is 207 g/mol. The fourth-order valence-electron chi connectivity index (χ4n) is 1.59. The first-order valence-corrected chi connectivity index (χ1v) is 5.29. The first-order valence-electron chi connectivity index (χ1n) is 5.29. The van der Waals surface area contributed by atoms with Crippen molar-refractivity contribution in [2.75, 3.05) is 11.9 Å². The van der Waals surface area contributed by atoms with Crippen LogP contribution in [-0.2, 0) is 6.42 Å². The molecular weight excluding hydrogens is 190 g/mol. The zero-order chi connectivity index (χ0) is 11.3. The van der Waals surface area contributed by atoms with E-state index in [1.54, 1.807) is 12.1 Å². The van der Waals surface area contributed by atoms with Crippen molar-refractivity contribution in [3.63, 3.8) is 0 Å². The number of aromatic carboxylic acids is 1. The lowest BCUT2D eigenvalue weighted by molar-refractivity contribution is 0.0696. The molecule has 0 fully saturated rings. The molecule has 0 atom stereocenters. The van der Waals surface area contributed by atoms with Crippen LogP contribution < -0.4 is 5.32 Å². The molecule has 0 aliphatic carbocycles. The molecule has 0 radical (unpaired) electrons. The molecule has 1 aromatic rings. The summed E-state index contributed by atoms with van der Waals surface area (Å²) in [6.45, 7) is 4.93. The van der Waals surface area contributed by atoms with E-state index >= 15 is 0 Å².